The molecule has 1 aromatic carbocycles. The normalized spacial score (nSPS) is 12.4. The minimum atomic E-state index is -0.850. The van der Waals surface area contributed by atoms with Crippen LogP contribution in [0.3, 0.4) is 0 Å². The fourth-order valence-corrected chi connectivity index (χ4v) is 1.77. The summed E-state index contributed by atoms with van der Waals surface area (Å²) in [5, 5.41) is 9.99. The molecule has 0 radical (unpaired) electrons. The lowest BCUT2D eigenvalue weighted by Crippen LogP contribution is -2.04. The van der Waals surface area contributed by atoms with Crippen LogP contribution in [-0.2, 0) is 6.42 Å². The van der Waals surface area contributed by atoms with Crippen molar-refractivity contribution in [2.75, 3.05) is 0 Å². The molecule has 0 bridgehead atoms. The highest BCUT2D eigenvalue weighted by Crippen LogP contribution is 2.20. The summed E-state index contributed by atoms with van der Waals surface area (Å²) < 4.78 is 26.2. The van der Waals surface area contributed by atoms with Gasteiger partial charge in [-0.2, -0.15) is 0 Å². The minimum Gasteiger partial charge on any atom is -0.388 e. The largest absolute Gasteiger partial charge is 0.388 e. The molecule has 18 heavy (non-hydrogen) atoms. The van der Waals surface area contributed by atoms with Crippen molar-refractivity contribution in [2.45, 2.75) is 19.4 Å². The molecule has 2 nitrogen and oxygen atoms in total. The van der Waals surface area contributed by atoms with Crippen LogP contribution in [-0.4, -0.2) is 10.1 Å². The third-order valence-electron chi connectivity index (χ3n) is 2.71. The van der Waals surface area contributed by atoms with Crippen molar-refractivity contribution in [3.63, 3.8) is 0 Å². The molecule has 4 heteroatoms. The summed E-state index contributed by atoms with van der Waals surface area (Å²) >= 11 is 0. The van der Waals surface area contributed by atoms with E-state index in [9.17, 15) is 13.9 Å². The van der Waals surface area contributed by atoms with Crippen molar-refractivity contribution in [2.24, 2.45) is 0 Å². The van der Waals surface area contributed by atoms with Gasteiger partial charge in [-0.25, -0.2) is 8.78 Å². The maximum Gasteiger partial charge on any atom is 0.129 e. The molecule has 94 valence electrons. The molecule has 1 heterocycles. The van der Waals surface area contributed by atoms with Gasteiger partial charge in [0.05, 0.1) is 6.10 Å². The molecule has 2 aromatic rings. The molecule has 1 N–H and O–H groups in total. The summed E-state index contributed by atoms with van der Waals surface area (Å²) in [5.74, 6) is -1.27. The summed E-state index contributed by atoms with van der Waals surface area (Å²) in [4.78, 5) is 3.97. The highest BCUT2D eigenvalue weighted by Gasteiger charge is 2.12. The lowest BCUT2D eigenvalue weighted by atomic mass is 10.0. The van der Waals surface area contributed by atoms with Gasteiger partial charge in [0.15, 0.2) is 0 Å². The summed E-state index contributed by atoms with van der Waals surface area (Å²) in [6, 6.07) is 5.13. The molecular weight excluding hydrogens is 236 g/mol. The summed E-state index contributed by atoms with van der Waals surface area (Å²) in [5.41, 5.74) is 1.83. The third-order valence-corrected chi connectivity index (χ3v) is 2.71. The van der Waals surface area contributed by atoms with Crippen LogP contribution in [0.1, 0.15) is 22.8 Å². The van der Waals surface area contributed by atoms with Crippen LogP contribution in [0.4, 0.5) is 8.78 Å². The Balaban J connectivity index is 2.18. The molecule has 0 aliphatic rings. The smallest absolute Gasteiger partial charge is 0.129 e. The van der Waals surface area contributed by atoms with Crippen LogP contribution in [0.2, 0.25) is 0 Å². The van der Waals surface area contributed by atoms with Crippen LogP contribution in [0.15, 0.2) is 36.7 Å². The summed E-state index contributed by atoms with van der Waals surface area (Å²) in [6.45, 7) is 1.86. The Morgan fingerprint density at radius 1 is 1.22 bits per heavy atom. The van der Waals surface area contributed by atoms with E-state index in [2.05, 4.69) is 4.98 Å². The molecule has 0 aliphatic heterocycles. The number of benzene rings is 1. The maximum absolute atomic E-state index is 13.4. The van der Waals surface area contributed by atoms with Gasteiger partial charge >= 0.3 is 0 Å². The lowest BCUT2D eigenvalue weighted by molar-refractivity contribution is 0.176. The number of aliphatic hydroxyl groups is 1. The van der Waals surface area contributed by atoms with Crippen LogP contribution in [0.25, 0.3) is 0 Å². The quantitative estimate of drug-likeness (QED) is 0.907. The van der Waals surface area contributed by atoms with Crippen molar-refractivity contribution in [1.82, 2.24) is 4.98 Å². The Kier molecular flexibility index (Phi) is 3.67. The Morgan fingerprint density at radius 2 is 2.00 bits per heavy atom. The zero-order valence-electron chi connectivity index (χ0n) is 9.90. The predicted octanol–water partition coefficient (Wildman–Crippen LogP) is 2.94. The first-order valence-electron chi connectivity index (χ1n) is 5.60. The fourth-order valence-electron chi connectivity index (χ4n) is 1.77. The molecular formula is C14H13F2NO. The van der Waals surface area contributed by atoms with Crippen molar-refractivity contribution >= 4 is 0 Å². The van der Waals surface area contributed by atoms with E-state index in [0.717, 1.165) is 11.6 Å². The lowest BCUT2D eigenvalue weighted by Gasteiger charge is -2.11. The Morgan fingerprint density at radius 3 is 2.67 bits per heavy atom. The summed E-state index contributed by atoms with van der Waals surface area (Å²) in [6.07, 6.45) is 2.46. The molecule has 0 spiro atoms. The van der Waals surface area contributed by atoms with Crippen LogP contribution in [0.5, 0.6) is 0 Å². The Labute approximate surface area is 104 Å². The van der Waals surface area contributed by atoms with Crippen molar-refractivity contribution < 1.29 is 13.9 Å². The molecule has 2 rings (SSSR count). The monoisotopic (exact) mass is 249 g/mol. The average Bonchev–Trinajstić information content (AvgIpc) is 2.32. The predicted molar refractivity (Wildman–Crippen MR) is 64.0 cm³/mol. The van der Waals surface area contributed by atoms with Crippen molar-refractivity contribution in [3.8, 4) is 0 Å². The fraction of sp³-hybridized carbons (Fsp3) is 0.214. The minimum absolute atomic E-state index is 0.0945. The number of pyridine rings is 1. The number of aromatic nitrogens is 1. The number of nitrogens with zero attached hydrogens (tertiary/aromatic N) is 1. The highest BCUT2D eigenvalue weighted by atomic mass is 19.1. The van der Waals surface area contributed by atoms with Crippen molar-refractivity contribution in [1.29, 1.82) is 0 Å². The number of rotatable bonds is 3. The zero-order valence-corrected chi connectivity index (χ0v) is 9.90. The Bertz CT molecular complexity index is 557. The van der Waals surface area contributed by atoms with Crippen LogP contribution in [0, 0.1) is 18.6 Å². The average molecular weight is 249 g/mol. The number of hydrogen-bond acceptors (Lipinski definition) is 2. The topological polar surface area (TPSA) is 33.1 Å². The standard InChI is InChI=1S/C14H13F2NO/c1-9-4-11(8-17-7-9)14(18)5-10-2-3-12(15)6-13(10)16/h2-4,6-8,14,18H,5H2,1H3. The second-order valence-corrected chi connectivity index (χ2v) is 4.25. The van der Waals surface area contributed by atoms with E-state index in [1.54, 1.807) is 18.5 Å². The van der Waals surface area contributed by atoms with Crippen LogP contribution < -0.4 is 0 Å². The molecule has 0 saturated heterocycles. The first kappa shape index (κ1) is 12.6. The first-order chi connectivity index (χ1) is 8.56. The molecule has 1 unspecified atom stereocenters. The van der Waals surface area contributed by atoms with E-state index in [0.29, 0.717) is 5.56 Å². The third kappa shape index (κ3) is 2.90. The number of aryl methyl sites for hydroxylation is 1. The SMILES string of the molecule is Cc1cncc(C(O)Cc2ccc(F)cc2F)c1. The van der Waals surface area contributed by atoms with E-state index in [1.807, 2.05) is 6.92 Å². The van der Waals surface area contributed by atoms with E-state index < -0.39 is 17.7 Å². The van der Waals surface area contributed by atoms with Crippen molar-refractivity contribution in [3.05, 3.63) is 65.0 Å². The van der Waals surface area contributed by atoms with E-state index in [-0.39, 0.29) is 12.0 Å². The van der Waals surface area contributed by atoms with Gasteiger partial charge in [0.1, 0.15) is 11.6 Å². The Hall–Kier alpha value is -1.81. The van der Waals surface area contributed by atoms with E-state index in [1.165, 1.54) is 12.1 Å². The van der Waals surface area contributed by atoms with Gasteiger partial charge in [-0.3, -0.25) is 4.98 Å². The van der Waals surface area contributed by atoms with Gasteiger partial charge < -0.3 is 5.11 Å². The van der Waals surface area contributed by atoms with Gasteiger partial charge in [0.25, 0.3) is 0 Å². The molecule has 0 fully saturated rings. The first-order valence-corrected chi connectivity index (χ1v) is 5.60. The number of hydrogen-bond donors (Lipinski definition) is 1. The van der Waals surface area contributed by atoms with E-state index >= 15 is 0 Å². The second-order valence-electron chi connectivity index (χ2n) is 4.25. The van der Waals surface area contributed by atoms with Gasteiger partial charge in [-0.05, 0) is 29.7 Å². The van der Waals surface area contributed by atoms with Gasteiger partial charge in [-0.1, -0.05) is 12.1 Å². The van der Waals surface area contributed by atoms with Crippen LogP contribution >= 0.6 is 0 Å². The second kappa shape index (κ2) is 5.23. The zero-order chi connectivity index (χ0) is 13.1. The summed E-state index contributed by atoms with van der Waals surface area (Å²) in [7, 11) is 0. The molecule has 0 aliphatic carbocycles. The molecule has 0 saturated carbocycles. The van der Waals surface area contributed by atoms with E-state index in [4.69, 9.17) is 0 Å². The number of halogens is 2. The molecule has 1 atom stereocenters. The highest BCUT2D eigenvalue weighted by molar-refractivity contribution is 5.24. The molecule has 0 amide bonds. The van der Waals surface area contributed by atoms with Gasteiger partial charge in [-0.15, -0.1) is 0 Å². The maximum atomic E-state index is 13.4. The van der Waals surface area contributed by atoms with Gasteiger partial charge in [0.2, 0.25) is 0 Å². The van der Waals surface area contributed by atoms with Gasteiger partial charge in [0, 0.05) is 24.9 Å². The number of aliphatic hydroxyl groups excluding tert-OH is 1. The molecule has 1 aromatic heterocycles.